The molecule has 0 aromatic rings. The number of aliphatic hydroxyl groups is 1. The number of aliphatic hydroxyl groups excluding tert-OH is 1. The summed E-state index contributed by atoms with van der Waals surface area (Å²) in [5.74, 6) is -1.31. The zero-order chi connectivity index (χ0) is 71.9. The molecule has 0 amide bonds. The number of hydrogen-bond acceptors (Lipinski definition) is 15. The highest BCUT2D eigenvalue weighted by atomic mass is 31.2. The normalized spacial score (nSPS) is 13.9. The van der Waals surface area contributed by atoms with E-state index in [0.717, 1.165) is 102 Å². The lowest BCUT2D eigenvalue weighted by Crippen LogP contribution is -2.30. The Balaban J connectivity index is 5.10. The summed E-state index contributed by atoms with van der Waals surface area (Å²) in [7, 11) is -9.90. The molecule has 0 saturated heterocycles. The summed E-state index contributed by atoms with van der Waals surface area (Å²) >= 11 is 0. The number of hydrogen-bond donors (Lipinski definition) is 3. The number of carbonyl (C=O) groups is 4. The fourth-order valence-electron chi connectivity index (χ4n) is 12.2. The minimum absolute atomic E-state index is 0.107. The van der Waals surface area contributed by atoms with Crippen molar-refractivity contribution in [2.45, 2.75) is 438 Å². The Morgan fingerprint density at radius 1 is 0.276 bits per heavy atom. The monoisotopic (exact) mass is 1440 g/mol. The van der Waals surface area contributed by atoms with Gasteiger partial charge in [0.05, 0.1) is 26.4 Å². The third kappa shape index (κ3) is 72.4. The average molecular weight is 1440 g/mol. The van der Waals surface area contributed by atoms with Crippen molar-refractivity contribution in [3.05, 3.63) is 0 Å². The number of phosphoric acid groups is 2. The molecule has 0 spiro atoms. The summed E-state index contributed by atoms with van der Waals surface area (Å²) in [6.45, 7) is 7.25. The maximum absolute atomic E-state index is 13.1. The van der Waals surface area contributed by atoms with Gasteiger partial charge in [0.25, 0.3) is 0 Å². The van der Waals surface area contributed by atoms with Crippen molar-refractivity contribution < 1.29 is 80.2 Å². The molecule has 0 heterocycles. The average Bonchev–Trinajstić information content (AvgIpc) is 0.974. The number of phosphoric ester groups is 2. The summed E-state index contributed by atoms with van der Waals surface area (Å²) in [6, 6.07) is 0. The van der Waals surface area contributed by atoms with Gasteiger partial charge >= 0.3 is 39.5 Å². The van der Waals surface area contributed by atoms with Crippen molar-refractivity contribution in [3.8, 4) is 0 Å². The highest BCUT2D eigenvalue weighted by Crippen LogP contribution is 2.45. The van der Waals surface area contributed by atoms with Crippen LogP contribution in [0.4, 0.5) is 0 Å². The molecule has 0 saturated carbocycles. The summed E-state index contributed by atoms with van der Waals surface area (Å²) in [4.78, 5) is 72.6. The maximum Gasteiger partial charge on any atom is 0.472 e. The van der Waals surface area contributed by atoms with Crippen LogP contribution in [0, 0.1) is 5.92 Å². The topological polar surface area (TPSA) is 237 Å². The number of unbranched alkanes of at least 4 members (excludes halogenated alkanes) is 51. The summed E-state index contributed by atoms with van der Waals surface area (Å²) in [6.07, 6.45) is 63.0. The van der Waals surface area contributed by atoms with Gasteiger partial charge in [-0.15, -0.1) is 0 Å². The fraction of sp³-hybridized carbons (Fsp3) is 0.949. The highest BCUT2D eigenvalue weighted by Gasteiger charge is 2.30. The van der Waals surface area contributed by atoms with Crippen LogP contribution in [0.25, 0.3) is 0 Å². The van der Waals surface area contributed by atoms with Gasteiger partial charge in [-0.2, -0.15) is 0 Å². The molecule has 2 unspecified atom stereocenters. The SMILES string of the molecule is CCCCCCCCCCCCCCCCCCCCCCCCC(=O)O[C@H](COC(=O)CCCCCCCCCCCCCCCCCCC(C)C)COP(=O)(O)OC[C@@H](O)COP(=O)(O)OC[C@@H](COC(=O)CCCCCCC)OC(=O)CCCCCCCCCCCCCC. The van der Waals surface area contributed by atoms with Gasteiger partial charge in [0, 0.05) is 25.7 Å². The largest absolute Gasteiger partial charge is 0.472 e. The molecule has 19 heteroatoms. The van der Waals surface area contributed by atoms with Gasteiger partial charge in [-0.3, -0.25) is 37.3 Å². The van der Waals surface area contributed by atoms with Gasteiger partial charge in [0.1, 0.15) is 19.3 Å². The van der Waals surface area contributed by atoms with Gasteiger partial charge < -0.3 is 33.8 Å². The molecule has 0 aliphatic rings. The molecule has 0 aromatic heterocycles. The van der Waals surface area contributed by atoms with Crippen LogP contribution < -0.4 is 0 Å². The van der Waals surface area contributed by atoms with Crippen molar-refractivity contribution >= 4 is 39.5 Å². The van der Waals surface area contributed by atoms with Gasteiger partial charge in [0.15, 0.2) is 12.2 Å². The Kier molecular flexibility index (Phi) is 70.6. The van der Waals surface area contributed by atoms with Crippen LogP contribution in [0.5, 0.6) is 0 Å². The molecular weight excluding hydrogens is 1280 g/mol. The summed E-state index contributed by atoms with van der Waals surface area (Å²) < 4.78 is 68.4. The van der Waals surface area contributed by atoms with E-state index in [0.29, 0.717) is 25.7 Å². The maximum atomic E-state index is 13.1. The minimum atomic E-state index is -4.96. The second kappa shape index (κ2) is 72.0. The lowest BCUT2D eigenvalue weighted by Gasteiger charge is -2.21. The summed E-state index contributed by atoms with van der Waals surface area (Å²) in [5, 5.41) is 10.6. The van der Waals surface area contributed by atoms with E-state index in [1.54, 1.807) is 0 Å². The van der Waals surface area contributed by atoms with Gasteiger partial charge in [0.2, 0.25) is 0 Å². The summed E-state index contributed by atoms with van der Waals surface area (Å²) in [5.41, 5.74) is 0. The van der Waals surface area contributed by atoms with Crippen molar-refractivity contribution in [2.24, 2.45) is 5.92 Å². The first-order valence-electron chi connectivity index (χ1n) is 41.1. The highest BCUT2D eigenvalue weighted by molar-refractivity contribution is 7.47. The van der Waals surface area contributed by atoms with Crippen LogP contribution in [0.1, 0.15) is 420 Å². The van der Waals surface area contributed by atoms with Crippen molar-refractivity contribution in [3.63, 3.8) is 0 Å². The number of rotatable bonds is 79. The Morgan fingerprint density at radius 3 is 0.694 bits per heavy atom. The van der Waals surface area contributed by atoms with Crippen LogP contribution in [-0.2, 0) is 65.4 Å². The Labute approximate surface area is 600 Å². The fourth-order valence-corrected chi connectivity index (χ4v) is 13.8. The molecule has 0 aromatic carbocycles. The van der Waals surface area contributed by atoms with E-state index >= 15 is 0 Å². The molecule has 0 aliphatic carbocycles. The van der Waals surface area contributed by atoms with E-state index in [1.165, 1.54) is 238 Å². The molecule has 0 aliphatic heterocycles. The molecule has 582 valence electrons. The molecule has 0 radical (unpaired) electrons. The second-order valence-electron chi connectivity index (χ2n) is 28.9. The Bertz CT molecular complexity index is 1870. The molecule has 0 bridgehead atoms. The molecule has 98 heavy (non-hydrogen) atoms. The quantitative estimate of drug-likeness (QED) is 0.0222. The molecule has 0 fully saturated rings. The number of esters is 4. The smallest absolute Gasteiger partial charge is 0.462 e. The lowest BCUT2D eigenvalue weighted by molar-refractivity contribution is -0.161. The Hall–Kier alpha value is -1.94. The zero-order valence-corrected chi connectivity index (χ0v) is 65.7. The first kappa shape index (κ1) is 96.1. The van der Waals surface area contributed by atoms with E-state index in [-0.39, 0.29) is 25.7 Å². The van der Waals surface area contributed by atoms with Crippen LogP contribution >= 0.6 is 15.6 Å². The number of carbonyl (C=O) groups excluding carboxylic acids is 4. The molecule has 0 rings (SSSR count). The first-order chi connectivity index (χ1) is 47.5. The molecule has 5 atom stereocenters. The number of ether oxygens (including phenoxy) is 4. The van der Waals surface area contributed by atoms with Gasteiger partial charge in [-0.1, -0.05) is 369 Å². The van der Waals surface area contributed by atoms with Crippen LogP contribution in [0.3, 0.4) is 0 Å². The third-order valence-corrected chi connectivity index (χ3v) is 20.4. The van der Waals surface area contributed by atoms with E-state index in [9.17, 15) is 43.2 Å². The van der Waals surface area contributed by atoms with Crippen molar-refractivity contribution in [1.82, 2.24) is 0 Å². The predicted octanol–water partition coefficient (Wildman–Crippen LogP) is 23.6. The standard InChI is InChI=1S/C79H154O17P2/c1-6-9-12-15-17-19-21-23-24-25-26-27-28-29-30-35-38-42-46-50-55-60-65-79(84)96-75(69-90-77(82)63-58-53-48-44-41-37-34-32-31-33-36-39-43-47-52-56-61-72(4)5)71-94-98(87,88)92-67-73(80)66-91-97(85,86)93-70-74(68-89-76(81)62-57-51-14-11-8-3)95-78(83)64-59-54-49-45-40-22-20-18-16-13-10-7-2/h72-75,80H,6-71H2,1-5H3,(H,85,86)(H,87,88)/t73-,74+,75+/m0/s1. The van der Waals surface area contributed by atoms with Crippen LogP contribution in [0.15, 0.2) is 0 Å². The first-order valence-corrected chi connectivity index (χ1v) is 44.1. The van der Waals surface area contributed by atoms with Crippen molar-refractivity contribution in [1.29, 1.82) is 0 Å². The van der Waals surface area contributed by atoms with E-state index in [2.05, 4.69) is 34.6 Å². The van der Waals surface area contributed by atoms with Gasteiger partial charge in [-0.25, -0.2) is 9.13 Å². The molecular formula is C79H154O17P2. The predicted molar refractivity (Wildman–Crippen MR) is 400 cm³/mol. The van der Waals surface area contributed by atoms with Crippen molar-refractivity contribution in [2.75, 3.05) is 39.6 Å². The third-order valence-electron chi connectivity index (χ3n) is 18.5. The van der Waals surface area contributed by atoms with E-state index in [1.807, 2.05) is 0 Å². The zero-order valence-electron chi connectivity index (χ0n) is 63.9. The lowest BCUT2D eigenvalue weighted by atomic mass is 10.0. The second-order valence-corrected chi connectivity index (χ2v) is 31.8. The van der Waals surface area contributed by atoms with E-state index in [4.69, 9.17) is 37.0 Å². The molecule has 3 N–H and O–H groups in total. The van der Waals surface area contributed by atoms with Crippen LogP contribution in [0.2, 0.25) is 0 Å². The molecule has 17 nitrogen and oxygen atoms in total. The van der Waals surface area contributed by atoms with Crippen LogP contribution in [-0.4, -0.2) is 96.7 Å². The van der Waals surface area contributed by atoms with E-state index < -0.39 is 97.5 Å². The Morgan fingerprint density at radius 2 is 0.469 bits per heavy atom. The van der Waals surface area contributed by atoms with Gasteiger partial charge in [-0.05, 0) is 31.6 Å². The minimum Gasteiger partial charge on any atom is -0.462 e.